The van der Waals surface area contributed by atoms with Crippen molar-refractivity contribution in [1.29, 1.82) is 0 Å². The molecule has 1 aromatic heterocycles. The van der Waals surface area contributed by atoms with Gasteiger partial charge in [0.15, 0.2) is 0 Å². The van der Waals surface area contributed by atoms with Crippen molar-refractivity contribution in [3.8, 4) is 22.3 Å². The maximum absolute atomic E-state index is 6.37. The molecule has 0 atom stereocenters. The smallest absolute Gasteiger partial charge is 0.136 e. The minimum atomic E-state index is -0.586. The number of hydrogen-bond acceptors (Lipinski definition) is 2. The molecule has 0 saturated carbocycles. The summed E-state index contributed by atoms with van der Waals surface area (Å²) < 4.78 is 6.37. The van der Waals surface area contributed by atoms with Gasteiger partial charge in [-0.1, -0.05) is 158 Å². The lowest BCUT2D eigenvalue weighted by atomic mass is 9.67. The minimum absolute atomic E-state index is 0.586. The van der Waals surface area contributed by atoms with Crippen molar-refractivity contribution in [2.24, 2.45) is 0 Å². The highest BCUT2D eigenvalue weighted by Crippen LogP contribution is 2.58. The van der Waals surface area contributed by atoms with Gasteiger partial charge in [-0.15, -0.1) is 0 Å². The zero-order valence-corrected chi connectivity index (χ0v) is 30.1. The monoisotopic (exact) mass is 701 g/mol. The van der Waals surface area contributed by atoms with Gasteiger partial charge < -0.3 is 9.32 Å². The first-order valence-corrected chi connectivity index (χ1v) is 18.9. The van der Waals surface area contributed by atoms with Crippen molar-refractivity contribution < 1.29 is 4.42 Å². The molecule has 1 aliphatic rings. The van der Waals surface area contributed by atoms with Gasteiger partial charge in [0.1, 0.15) is 11.2 Å². The predicted molar refractivity (Wildman–Crippen MR) is 229 cm³/mol. The number of anilines is 3. The third-order valence-electron chi connectivity index (χ3n) is 11.5. The fraction of sp³-hybridized carbons (Fsp3) is 0.0189. The van der Waals surface area contributed by atoms with Gasteiger partial charge in [0.2, 0.25) is 0 Å². The fourth-order valence-corrected chi connectivity index (χ4v) is 9.14. The molecule has 0 fully saturated rings. The fourth-order valence-electron chi connectivity index (χ4n) is 9.14. The van der Waals surface area contributed by atoms with E-state index >= 15 is 0 Å². The summed E-state index contributed by atoms with van der Waals surface area (Å²) in [5.74, 6) is 0. The predicted octanol–water partition coefficient (Wildman–Crippen LogP) is 14.2. The van der Waals surface area contributed by atoms with E-state index in [0.29, 0.717) is 0 Å². The maximum Gasteiger partial charge on any atom is 0.136 e. The lowest BCUT2D eigenvalue weighted by Gasteiger charge is -2.35. The SMILES string of the molecule is c1ccc(N(c2ccc3c(c2)C(c2ccccc2)(c2ccccc2)c2cc(-c4cccc5oc6ccccc6c45)ccc2-3)c2ccc3ccccc3c2)cc1. The molecule has 0 unspecified atom stereocenters. The molecule has 0 spiro atoms. The number of fused-ring (bicyclic) bond motifs is 7. The first kappa shape index (κ1) is 31.4. The molecule has 55 heavy (non-hydrogen) atoms. The highest BCUT2D eigenvalue weighted by Gasteiger charge is 2.46. The second kappa shape index (κ2) is 12.5. The van der Waals surface area contributed by atoms with Crippen molar-refractivity contribution in [2.75, 3.05) is 4.90 Å². The van der Waals surface area contributed by atoms with Gasteiger partial charge in [-0.2, -0.15) is 0 Å². The summed E-state index contributed by atoms with van der Waals surface area (Å²) in [5, 5.41) is 4.72. The Hall–Kier alpha value is -7.16. The molecule has 0 bridgehead atoms. The molecule has 11 rings (SSSR count). The average Bonchev–Trinajstić information content (AvgIpc) is 3.78. The van der Waals surface area contributed by atoms with E-state index in [1.54, 1.807) is 0 Å². The Morgan fingerprint density at radius 1 is 0.364 bits per heavy atom. The maximum atomic E-state index is 6.37. The number of rotatable bonds is 6. The van der Waals surface area contributed by atoms with Crippen molar-refractivity contribution in [2.45, 2.75) is 5.41 Å². The third-order valence-corrected chi connectivity index (χ3v) is 11.5. The number of furan rings is 1. The van der Waals surface area contributed by atoms with Crippen LogP contribution in [0.15, 0.2) is 217 Å². The average molecular weight is 702 g/mol. The van der Waals surface area contributed by atoms with Crippen molar-refractivity contribution in [1.82, 2.24) is 0 Å². The van der Waals surface area contributed by atoms with Crippen LogP contribution in [0.5, 0.6) is 0 Å². The van der Waals surface area contributed by atoms with E-state index in [0.717, 1.165) is 39.0 Å². The van der Waals surface area contributed by atoms with Gasteiger partial charge in [0.25, 0.3) is 0 Å². The zero-order chi connectivity index (χ0) is 36.3. The number of benzene rings is 9. The topological polar surface area (TPSA) is 16.4 Å². The van der Waals surface area contributed by atoms with Crippen molar-refractivity contribution >= 4 is 49.8 Å². The molecular weight excluding hydrogens is 667 g/mol. The van der Waals surface area contributed by atoms with Crippen LogP contribution in [0.4, 0.5) is 17.1 Å². The second-order valence-electron chi connectivity index (χ2n) is 14.5. The Labute approximate surface area is 320 Å². The molecule has 2 heteroatoms. The molecule has 10 aromatic rings. The summed E-state index contributed by atoms with van der Waals surface area (Å²) >= 11 is 0. The number of nitrogens with zero attached hydrogens (tertiary/aromatic N) is 1. The Kier molecular flexibility index (Phi) is 7.11. The van der Waals surface area contributed by atoms with Gasteiger partial charge in [0, 0.05) is 27.8 Å². The highest BCUT2D eigenvalue weighted by molar-refractivity contribution is 6.12. The summed E-state index contributed by atoms with van der Waals surface area (Å²) in [4.78, 5) is 2.40. The van der Waals surface area contributed by atoms with Crippen LogP contribution >= 0.6 is 0 Å². The van der Waals surface area contributed by atoms with Crippen LogP contribution in [0.25, 0.3) is 55.0 Å². The molecule has 2 nitrogen and oxygen atoms in total. The molecule has 0 radical (unpaired) electrons. The first-order valence-electron chi connectivity index (χ1n) is 18.9. The highest BCUT2D eigenvalue weighted by atomic mass is 16.3. The third kappa shape index (κ3) is 4.82. The van der Waals surface area contributed by atoms with E-state index in [9.17, 15) is 0 Å². The quantitative estimate of drug-likeness (QED) is 0.172. The lowest BCUT2D eigenvalue weighted by molar-refractivity contribution is 0.669. The molecule has 0 amide bonds. The molecule has 0 N–H and O–H groups in total. The van der Waals surface area contributed by atoms with Crippen molar-refractivity contribution in [3.63, 3.8) is 0 Å². The Morgan fingerprint density at radius 2 is 0.945 bits per heavy atom. The summed E-state index contributed by atoms with van der Waals surface area (Å²) in [6.07, 6.45) is 0. The summed E-state index contributed by atoms with van der Waals surface area (Å²) in [7, 11) is 0. The van der Waals surface area contributed by atoms with Crippen molar-refractivity contribution in [3.05, 3.63) is 235 Å². The van der Waals surface area contributed by atoms with Gasteiger partial charge in [0.05, 0.1) is 5.41 Å². The Morgan fingerprint density at radius 3 is 1.71 bits per heavy atom. The van der Waals surface area contributed by atoms with Crippen LogP contribution in [-0.2, 0) is 5.41 Å². The minimum Gasteiger partial charge on any atom is -0.456 e. The first-order chi connectivity index (χ1) is 27.3. The number of hydrogen-bond donors (Lipinski definition) is 0. The van der Waals surface area contributed by atoms with Crippen LogP contribution in [0, 0.1) is 0 Å². The van der Waals surface area contributed by atoms with Crippen LogP contribution in [0.1, 0.15) is 22.3 Å². The molecule has 1 aliphatic carbocycles. The van der Waals surface area contributed by atoms with Crippen LogP contribution in [0.2, 0.25) is 0 Å². The molecule has 258 valence electrons. The molecule has 1 heterocycles. The van der Waals surface area contributed by atoms with Crippen LogP contribution < -0.4 is 4.90 Å². The molecule has 9 aromatic carbocycles. The summed E-state index contributed by atoms with van der Waals surface area (Å²) in [6, 6.07) is 77.2. The van der Waals surface area contributed by atoms with E-state index in [2.05, 4.69) is 211 Å². The Bertz CT molecular complexity index is 3000. The van der Waals surface area contributed by atoms with E-state index < -0.39 is 5.41 Å². The summed E-state index contributed by atoms with van der Waals surface area (Å²) in [6.45, 7) is 0. The second-order valence-corrected chi connectivity index (χ2v) is 14.5. The normalized spacial score (nSPS) is 12.9. The molecular formula is C53H35NO. The Balaban J connectivity index is 1.19. The van der Waals surface area contributed by atoms with Crippen LogP contribution in [0.3, 0.4) is 0 Å². The van der Waals surface area contributed by atoms with E-state index in [1.165, 1.54) is 55.3 Å². The van der Waals surface area contributed by atoms with Crippen LogP contribution in [-0.4, -0.2) is 0 Å². The zero-order valence-electron chi connectivity index (χ0n) is 30.1. The molecule has 0 saturated heterocycles. The van der Waals surface area contributed by atoms with Gasteiger partial charge >= 0.3 is 0 Å². The van der Waals surface area contributed by atoms with E-state index in [1.807, 2.05) is 6.07 Å². The standard InChI is InChI=1S/C53H35NO/c1-4-17-39(18-5-1)53(40-19-6-2-7-20-40)48-34-38(44-24-14-26-51-52(44)47-23-12-13-25-50(47)55-51)28-31-45(48)46-32-30-43(35-49(46)53)54(41-21-8-3-9-22-41)42-29-27-36-15-10-11-16-37(36)33-42/h1-35H. The summed E-state index contributed by atoms with van der Waals surface area (Å²) in [5.41, 5.74) is 14.4. The van der Waals surface area contributed by atoms with E-state index in [-0.39, 0.29) is 0 Å². The van der Waals surface area contributed by atoms with Gasteiger partial charge in [-0.25, -0.2) is 0 Å². The molecule has 0 aliphatic heterocycles. The van der Waals surface area contributed by atoms with Gasteiger partial charge in [-0.3, -0.25) is 0 Å². The van der Waals surface area contributed by atoms with E-state index in [4.69, 9.17) is 4.42 Å². The lowest BCUT2D eigenvalue weighted by Crippen LogP contribution is -2.28. The number of para-hydroxylation sites is 2. The van der Waals surface area contributed by atoms with Gasteiger partial charge in [-0.05, 0) is 110 Å². The largest absolute Gasteiger partial charge is 0.456 e.